The molecule has 3 aromatic rings. The minimum absolute atomic E-state index is 0.0380. The van der Waals surface area contributed by atoms with Crippen molar-refractivity contribution in [1.82, 2.24) is 5.32 Å². The largest absolute Gasteiger partial charge is 0.493 e. The SMILES string of the molecule is COc1ccc2cc3[n+](cc2c1OCCCOC(=O)CNC(=O)CC[C@@H](C)C1CCC2C4C(C[C@H](O)[C@@]21C)[C@@]1(C)CC[C@@H](O)CC1C[C@H]4O)CCc1cc2c(cc1-3)OCO2. The number of nitrogens with zero attached hydrogens (tertiary/aromatic N) is 1. The van der Waals surface area contributed by atoms with E-state index in [-0.39, 0.29) is 72.4 Å². The van der Waals surface area contributed by atoms with Crippen molar-refractivity contribution in [2.45, 2.75) is 116 Å². The summed E-state index contributed by atoms with van der Waals surface area (Å²) < 4.78 is 30.9. The Labute approximate surface area is 352 Å². The lowest BCUT2D eigenvalue weighted by atomic mass is 9.43. The van der Waals surface area contributed by atoms with Gasteiger partial charge < -0.3 is 44.3 Å². The van der Waals surface area contributed by atoms with Gasteiger partial charge in [-0.1, -0.05) is 20.8 Å². The predicted molar refractivity (Wildman–Crippen MR) is 222 cm³/mol. The minimum Gasteiger partial charge on any atom is -0.493 e. The summed E-state index contributed by atoms with van der Waals surface area (Å²) in [6.07, 6.45) is 9.11. The van der Waals surface area contributed by atoms with E-state index in [0.29, 0.717) is 49.7 Å². The molecule has 4 saturated carbocycles. The second-order valence-electron chi connectivity index (χ2n) is 19.3. The fourth-order valence-corrected chi connectivity index (χ4v) is 13.1. The van der Waals surface area contributed by atoms with Crippen LogP contribution in [0, 0.1) is 46.3 Å². The lowest BCUT2D eigenvalue weighted by Gasteiger charge is -2.63. The number of nitrogens with one attached hydrogen (secondary N) is 1. The number of carbonyl (C=O) groups is 2. The second kappa shape index (κ2) is 16.3. The number of ether oxygens (including phenoxy) is 5. The van der Waals surface area contributed by atoms with Crippen LogP contribution in [0.4, 0.5) is 0 Å². The van der Waals surface area contributed by atoms with Gasteiger partial charge in [-0.3, -0.25) is 9.59 Å². The topological polar surface area (TPSA) is 157 Å². The molecule has 11 atom stereocenters. The number of hydrogen-bond donors (Lipinski definition) is 4. The molecule has 1 amide bonds. The number of aliphatic hydroxyl groups excluding tert-OH is 3. The van der Waals surface area contributed by atoms with E-state index in [1.807, 2.05) is 12.1 Å². The Morgan fingerprint density at radius 1 is 1.00 bits per heavy atom. The van der Waals surface area contributed by atoms with Crippen molar-refractivity contribution >= 4 is 22.6 Å². The molecule has 1 aromatic heterocycles. The number of carbonyl (C=O) groups excluding carboxylic acids is 2. The Balaban J connectivity index is 0.735. The first-order valence-corrected chi connectivity index (χ1v) is 22.5. The van der Waals surface area contributed by atoms with E-state index in [1.54, 1.807) is 7.11 Å². The molecule has 6 aliphatic rings. The predicted octanol–water partition coefficient (Wildman–Crippen LogP) is 5.89. The van der Waals surface area contributed by atoms with Crippen molar-refractivity contribution < 1.29 is 53.2 Å². The molecular weight excluding hydrogens is 765 g/mol. The molecule has 9 rings (SSSR count). The van der Waals surface area contributed by atoms with Crippen LogP contribution >= 0.6 is 0 Å². The van der Waals surface area contributed by atoms with Crippen molar-refractivity contribution in [1.29, 1.82) is 0 Å². The summed E-state index contributed by atoms with van der Waals surface area (Å²) in [4.78, 5) is 25.6. The maximum Gasteiger partial charge on any atom is 0.325 e. The maximum absolute atomic E-state index is 12.9. The number of pyridine rings is 1. The van der Waals surface area contributed by atoms with Gasteiger partial charge in [0.15, 0.2) is 35.7 Å². The van der Waals surface area contributed by atoms with Crippen LogP contribution in [0.2, 0.25) is 0 Å². The molecule has 4 N–H and O–H groups in total. The van der Waals surface area contributed by atoms with Crippen molar-refractivity contribution in [2.24, 2.45) is 46.3 Å². The zero-order valence-corrected chi connectivity index (χ0v) is 35.6. The highest BCUT2D eigenvalue weighted by atomic mass is 16.7. The van der Waals surface area contributed by atoms with Gasteiger partial charge in [0.25, 0.3) is 0 Å². The summed E-state index contributed by atoms with van der Waals surface area (Å²) in [6.45, 7) is 8.09. The molecule has 324 valence electrons. The van der Waals surface area contributed by atoms with Gasteiger partial charge in [-0.25, -0.2) is 0 Å². The van der Waals surface area contributed by atoms with Crippen LogP contribution in [-0.2, 0) is 27.3 Å². The third-order valence-electron chi connectivity index (χ3n) is 16.4. The van der Waals surface area contributed by atoms with Crippen LogP contribution in [0.25, 0.3) is 22.0 Å². The second-order valence-corrected chi connectivity index (χ2v) is 19.3. The summed E-state index contributed by atoms with van der Waals surface area (Å²) in [5.74, 6) is 3.52. The Hall–Kier alpha value is -4.13. The van der Waals surface area contributed by atoms with Gasteiger partial charge in [-0.05, 0) is 133 Å². The number of aromatic nitrogens is 1. The summed E-state index contributed by atoms with van der Waals surface area (Å²) >= 11 is 0. The van der Waals surface area contributed by atoms with E-state index in [2.05, 4.69) is 55.1 Å². The van der Waals surface area contributed by atoms with Crippen LogP contribution in [0.15, 0.2) is 36.5 Å². The minimum atomic E-state index is -0.495. The molecule has 3 heterocycles. The number of rotatable bonds is 12. The van der Waals surface area contributed by atoms with Crippen molar-refractivity contribution in [2.75, 3.05) is 33.7 Å². The molecule has 0 saturated heterocycles. The van der Waals surface area contributed by atoms with Crippen LogP contribution in [0.5, 0.6) is 23.0 Å². The monoisotopic (exact) mass is 827 g/mol. The first-order valence-electron chi connectivity index (χ1n) is 22.5. The number of hydrogen-bond acceptors (Lipinski definition) is 10. The van der Waals surface area contributed by atoms with E-state index in [1.165, 1.54) is 5.56 Å². The molecule has 2 aliphatic heterocycles. The molecule has 0 radical (unpaired) electrons. The summed E-state index contributed by atoms with van der Waals surface area (Å²) in [7, 11) is 1.62. The smallest absolute Gasteiger partial charge is 0.325 e. The molecule has 4 aliphatic carbocycles. The maximum atomic E-state index is 12.9. The molecular formula is C48H63N2O10+. The van der Waals surface area contributed by atoms with Gasteiger partial charge in [0.05, 0.1) is 49.6 Å². The Morgan fingerprint density at radius 3 is 2.63 bits per heavy atom. The number of fused-ring (bicyclic) bond motifs is 10. The molecule has 2 aromatic carbocycles. The number of benzene rings is 2. The molecule has 0 spiro atoms. The normalized spacial score (nSPS) is 32.8. The Morgan fingerprint density at radius 2 is 1.82 bits per heavy atom. The number of amides is 1. The molecule has 5 unspecified atom stereocenters. The fourth-order valence-electron chi connectivity index (χ4n) is 13.1. The Kier molecular flexibility index (Phi) is 11.2. The summed E-state index contributed by atoms with van der Waals surface area (Å²) in [6, 6.07) is 10.2. The van der Waals surface area contributed by atoms with Crippen LogP contribution < -0.4 is 28.8 Å². The molecule has 0 bridgehead atoms. The highest BCUT2D eigenvalue weighted by Gasteiger charge is 2.65. The Bertz CT molecular complexity index is 2130. The van der Waals surface area contributed by atoms with E-state index in [0.717, 1.165) is 85.0 Å². The number of esters is 1. The summed E-state index contributed by atoms with van der Waals surface area (Å²) in [5, 5.41) is 38.6. The average molecular weight is 828 g/mol. The summed E-state index contributed by atoms with van der Waals surface area (Å²) in [5.41, 5.74) is 3.18. The first-order chi connectivity index (χ1) is 28.9. The third kappa shape index (κ3) is 7.17. The number of aliphatic hydroxyl groups is 3. The molecule has 60 heavy (non-hydrogen) atoms. The van der Waals surface area contributed by atoms with Crippen molar-refractivity contribution in [3.05, 3.63) is 42.1 Å². The zero-order chi connectivity index (χ0) is 41.9. The highest BCUT2D eigenvalue weighted by Crippen LogP contribution is 2.68. The zero-order valence-electron chi connectivity index (χ0n) is 35.6. The van der Waals surface area contributed by atoms with E-state index in [9.17, 15) is 24.9 Å². The quantitative estimate of drug-likeness (QED) is 0.0987. The molecule has 12 nitrogen and oxygen atoms in total. The standard InChI is InChI=1S/C48H62N2O10/c1-27(34-8-9-35-45-36(23-42(53)48(34,35)3)47(2)14-12-31(51)20-30(47)21-38(45)52)6-11-43(54)49-24-44(55)57-16-5-17-58-46-33-25-50-15-13-29-19-40-41(60-26-59-40)22-32(29)37(50)18-28(33)7-10-39(46)56-4/h7,10,18-19,22,25,27,30-31,34-36,38,42,45,51-53H,5-6,8-9,11-17,20-21,23-24,26H2,1-4H3/p+1/t27-,30?,31-,34?,35?,36?,38-,42+,45?,47+,48-/m1/s1. The number of aryl methyl sites for hydroxylation is 2. The molecule has 4 fully saturated rings. The third-order valence-corrected chi connectivity index (χ3v) is 16.4. The van der Waals surface area contributed by atoms with Gasteiger partial charge in [-0.15, -0.1) is 0 Å². The lowest BCUT2D eigenvalue weighted by molar-refractivity contribution is -0.686. The van der Waals surface area contributed by atoms with Gasteiger partial charge in [0.2, 0.25) is 18.4 Å². The average Bonchev–Trinajstić information content (AvgIpc) is 3.85. The first kappa shape index (κ1) is 41.2. The number of methoxy groups -OCH3 is 1. The van der Waals surface area contributed by atoms with Gasteiger partial charge in [0.1, 0.15) is 6.54 Å². The molecule has 12 heteroatoms. The van der Waals surface area contributed by atoms with E-state index < -0.39 is 18.2 Å². The van der Waals surface area contributed by atoms with Crippen LogP contribution in [0.1, 0.15) is 90.5 Å². The highest BCUT2D eigenvalue weighted by molar-refractivity contribution is 5.92. The van der Waals surface area contributed by atoms with Gasteiger partial charge in [0, 0.05) is 25.3 Å². The fraction of sp³-hybridized carbons (Fsp3) is 0.646. The van der Waals surface area contributed by atoms with Crippen molar-refractivity contribution in [3.63, 3.8) is 0 Å². The lowest BCUT2D eigenvalue weighted by Crippen LogP contribution is -2.62. The van der Waals surface area contributed by atoms with Crippen molar-refractivity contribution in [3.8, 4) is 34.3 Å². The van der Waals surface area contributed by atoms with Crippen LogP contribution in [0.3, 0.4) is 0 Å². The van der Waals surface area contributed by atoms with Gasteiger partial charge >= 0.3 is 5.97 Å². The van der Waals surface area contributed by atoms with Crippen LogP contribution in [-0.4, -0.2) is 79.2 Å². The van der Waals surface area contributed by atoms with E-state index >= 15 is 0 Å². The van der Waals surface area contributed by atoms with E-state index in [4.69, 9.17) is 23.7 Å². The van der Waals surface area contributed by atoms with Gasteiger partial charge in [-0.2, -0.15) is 4.57 Å².